The monoisotopic (exact) mass is 239 g/mol. The van der Waals surface area contributed by atoms with Gasteiger partial charge in [0.25, 0.3) is 0 Å². The van der Waals surface area contributed by atoms with Crippen LogP contribution >= 0.6 is 0 Å². The van der Waals surface area contributed by atoms with E-state index in [1.165, 1.54) is 0 Å². The van der Waals surface area contributed by atoms with E-state index in [0.29, 0.717) is 6.04 Å². The van der Waals surface area contributed by atoms with E-state index in [0.717, 1.165) is 37.7 Å². The quantitative estimate of drug-likeness (QED) is 0.808. The molecule has 96 valence electrons. The summed E-state index contributed by atoms with van der Waals surface area (Å²) in [4.78, 5) is 6.66. The van der Waals surface area contributed by atoms with Crippen LogP contribution in [0, 0.1) is 0 Å². The van der Waals surface area contributed by atoms with Gasteiger partial charge in [0.05, 0.1) is 0 Å². The number of anilines is 1. The van der Waals surface area contributed by atoms with E-state index in [2.05, 4.69) is 20.1 Å². The highest BCUT2D eigenvalue weighted by Gasteiger charge is 2.26. The molecular formula is C11H21N5O. The molecule has 1 saturated heterocycles. The number of aromatic nitrogens is 3. The summed E-state index contributed by atoms with van der Waals surface area (Å²) in [6, 6.07) is 0.320. The molecule has 2 heterocycles. The van der Waals surface area contributed by atoms with Gasteiger partial charge in [-0.15, -0.1) is 5.10 Å². The number of hydrogen-bond acceptors (Lipinski definition) is 5. The standard InChI is InChI=1S/C11H21N5O/c1-11(2,17-3)9-13-10(15-14-9)16-6-4-8(12)5-7-16/h8H,4-7,12H2,1-3H3,(H,13,14,15). The van der Waals surface area contributed by atoms with Crippen LogP contribution in [0.4, 0.5) is 5.95 Å². The van der Waals surface area contributed by atoms with E-state index < -0.39 is 5.60 Å². The Balaban J connectivity index is 2.08. The minimum Gasteiger partial charge on any atom is -0.371 e. The smallest absolute Gasteiger partial charge is 0.244 e. The Morgan fingerprint density at radius 1 is 1.41 bits per heavy atom. The van der Waals surface area contributed by atoms with Crippen LogP contribution in [-0.4, -0.2) is 41.4 Å². The summed E-state index contributed by atoms with van der Waals surface area (Å²) in [5.41, 5.74) is 5.44. The number of ether oxygens (including phenoxy) is 1. The minimum atomic E-state index is -0.433. The van der Waals surface area contributed by atoms with Crippen LogP contribution in [0.1, 0.15) is 32.5 Å². The number of nitrogens with one attached hydrogen (secondary N) is 1. The van der Waals surface area contributed by atoms with Gasteiger partial charge < -0.3 is 15.4 Å². The highest BCUT2D eigenvalue weighted by molar-refractivity contribution is 5.30. The summed E-state index contributed by atoms with van der Waals surface area (Å²) in [6.45, 7) is 5.77. The van der Waals surface area contributed by atoms with Crippen LogP contribution in [0.15, 0.2) is 0 Å². The SMILES string of the molecule is COC(C)(C)c1nc(N2CCC(N)CC2)n[nH]1. The lowest BCUT2D eigenvalue weighted by Crippen LogP contribution is -2.40. The number of nitrogens with zero attached hydrogens (tertiary/aromatic N) is 3. The molecular weight excluding hydrogens is 218 g/mol. The van der Waals surface area contributed by atoms with Crippen molar-refractivity contribution in [2.24, 2.45) is 5.73 Å². The largest absolute Gasteiger partial charge is 0.371 e. The number of piperidine rings is 1. The second-order valence-corrected chi connectivity index (χ2v) is 5.02. The highest BCUT2D eigenvalue weighted by atomic mass is 16.5. The van der Waals surface area contributed by atoms with Crippen LogP contribution < -0.4 is 10.6 Å². The van der Waals surface area contributed by atoms with Crippen molar-refractivity contribution in [2.45, 2.75) is 38.3 Å². The maximum atomic E-state index is 5.88. The normalized spacial score (nSPS) is 18.7. The molecule has 0 unspecified atom stereocenters. The molecule has 1 fully saturated rings. The molecule has 1 aromatic rings. The Labute approximate surface area is 102 Å². The van der Waals surface area contributed by atoms with Gasteiger partial charge in [-0.3, -0.25) is 5.10 Å². The Morgan fingerprint density at radius 3 is 2.65 bits per heavy atom. The second kappa shape index (κ2) is 4.62. The van der Waals surface area contributed by atoms with Gasteiger partial charge in [0.2, 0.25) is 5.95 Å². The zero-order valence-corrected chi connectivity index (χ0v) is 10.7. The van der Waals surface area contributed by atoms with E-state index in [-0.39, 0.29) is 0 Å². The van der Waals surface area contributed by atoms with Crippen molar-refractivity contribution in [3.63, 3.8) is 0 Å². The summed E-state index contributed by atoms with van der Waals surface area (Å²) in [6.07, 6.45) is 2.00. The minimum absolute atomic E-state index is 0.320. The zero-order valence-electron chi connectivity index (χ0n) is 10.7. The second-order valence-electron chi connectivity index (χ2n) is 5.02. The van der Waals surface area contributed by atoms with Gasteiger partial charge in [-0.05, 0) is 26.7 Å². The molecule has 0 radical (unpaired) electrons. The third-order valence-electron chi connectivity index (χ3n) is 3.38. The lowest BCUT2D eigenvalue weighted by molar-refractivity contribution is 0.0118. The molecule has 6 heteroatoms. The molecule has 0 aliphatic carbocycles. The van der Waals surface area contributed by atoms with Gasteiger partial charge >= 0.3 is 0 Å². The third kappa shape index (κ3) is 2.58. The van der Waals surface area contributed by atoms with Crippen molar-refractivity contribution in [3.05, 3.63) is 5.82 Å². The predicted molar refractivity (Wildman–Crippen MR) is 65.8 cm³/mol. The van der Waals surface area contributed by atoms with Crippen LogP contribution in [-0.2, 0) is 10.3 Å². The number of methoxy groups -OCH3 is 1. The molecule has 2 rings (SSSR count). The summed E-state index contributed by atoms with van der Waals surface area (Å²) in [5, 5.41) is 7.19. The number of nitrogens with two attached hydrogens (primary N) is 1. The fourth-order valence-electron chi connectivity index (χ4n) is 1.86. The number of H-pyrrole nitrogens is 1. The fourth-order valence-corrected chi connectivity index (χ4v) is 1.86. The lowest BCUT2D eigenvalue weighted by atomic mass is 10.1. The van der Waals surface area contributed by atoms with Crippen molar-refractivity contribution in [1.29, 1.82) is 0 Å². The van der Waals surface area contributed by atoms with E-state index in [4.69, 9.17) is 10.5 Å². The Bertz CT molecular complexity index is 368. The van der Waals surface area contributed by atoms with Crippen LogP contribution in [0.3, 0.4) is 0 Å². The average molecular weight is 239 g/mol. The number of hydrogen-bond donors (Lipinski definition) is 2. The molecule has 0 atom stereocenters. The van der Waals surface area contributed by atoms with Gasteiger partial charge in [0, 0.05) is 26.2 Å². The fraction of sp³-hybridized carbons (Fsp3) is 0.818. The summed E-state index contributed by atoms with van der Waals surface area (Å²) < 4.78 is 5.37. The van der Waals surface area contributed by atoms with Crippen LogP contribution in [0.2, 0.25) is 0 Å². The summed E-state index contributed by atoms with van der Waals surface area (Å²) in [7, 11) is 1.67. The molecule has 0 amide bonds. The third-order valence-corrected chi connectivity index (χ3v) is 3.38. The maximum Gasteiger partial charge on any atom is 0.244 e. The van der Waals surface area contributed by atoms with Crippen molar-refractivity contribution >= 4 is 5.95 Å². The van der Waals surface area contributed by atoms with Gasteiger partial charge in [0.15, 0.2) is 5.82 Å². The van der Waals surface area contributed by atoms with Crippen molar-refractivity contribution in [2.75, 3.05) is 25.1 Å². The topological polar surface area (TPSA) is 80.1 Å². The van der Waals surface area contributed by atoms with E-state index in [1.54, 1.807) is 7.11 Å². The summed E-state index contributed by atoms with van der Waals surface area (Å²) in [5.74, 6) is 1.50. The van der Waals surface area contributed by atoms with Crippen LogP contribution in [0.5, 0.6) is 0 Å². The Kier molecular flexibility index (Phi) is 3.35. The molecule has 6 nitrogen and oxygen atoms in total. The number of aromatic amines is 1. The van der Waals surface area contributed by atoms with E-state index in [1.807, 2.05) is 13.8 Å². The van der Waals surface area contributed by atoms with Gasteiger partial charge in [0.1, 0.15) is 5.60 Å². The first-order chi connectivity index (χ1) is 8.03. The van der Waals surface area contributed by atoms with Crippen LogP contribution in [0.25, 0.3) is 0 Å². The van der Waals surface area contributed by atoms with Crippen molar-refractivity contribution < 1.29 is 4.74 Å². The molecule has 3 N–H and O–H groups in total. The van der Waals surface area contributed by atoms with E-state index in [9.17, 15) is 0 Å². The summed E-state index contributed by atoms with van der Waals surface area (Å²) >= 11 is 0. The van der Waals surface area contributed by atoms with Gasteiger partial charge in [-0.1, -0.05) is 0 Å². The molecule has 1 aromatic heterocycles. The van der Waals surface area contributed by atoms with E-state index >= 15 is 0 Å². The first-order valence-corrected chi connectivity index (χ1v) is 6.01. The average Bonchev–Trinajstić information content (AvgIpc) is 2.80. The molecule has 0 bridgehead atoms. The van der Waals surface area contributed by atoms with Crippen molar-refractivity contribution in [3.8, 4) is 0 Å². The number of rotatable bonds is 3. The molecule has 0 aromatic carbocycles. The Hall–Kier alpha value is -1.14. The zero-order chi connectivity index (χ0) is 12.5. The first-order valence-electron chi connectivity index (χ1n) is 6.01. The Morgan fingerprint density at radius 2 is 2.06 bits per heavy atom. The highest BCUT2D eigenvalue weighted by Crippen LogP contribution is 2.22. The first kappa shape index (κ1) is 12.3. The predicted octanol–water partition coefficient (Wildman–Crippen LogP) is 0.614. The molecule has 0 saturated carbocycles. The van der Waals surface area contributed by atoms with Gasteiger partial charge in [-0.25, -0.2) is 0 Å². The van der Waals surface area contributed by atoms with Gasteiger partial charge in [-0.2, -0.15) is 4.98 Å². The molecule has 17 heavy (non-hydrogen) atoms. The maximum absolute atomic E-state index is 5.88. The molecule has 1 aliphatic heterocycles. The molecule has 1 aliphatic rings. The molecule has 0 spiro atoms. The van der Waals surface area contributed by atoms with Crippen molar-refractivity contribution in [1.82, 2.24) is 15.2 Å². The lowest BCUT2D eigenvalue weighted by Gasteiger charge is -2.29.